The van der Waals surface area contributed by atoms with E-state index in [2.05, 4.69) is 26.3 Å². The number of aryl methyl sites for hydroxylation is 1. The quantitative estimate of drug-likeness (QED) is 0.416. The molecule has 1 saturated carbocycles. The molecule has 0 radical (unpaired) electrons. The van der Waals surface area contributed by atoms with E-state index in [1.807, 2.05) is 30.5 Å². The normalized spacial score (nSPS) is 19.0. The fourth-order valence-electron chi connectivity index (χ4n) is 5.51. The summed E-state index contributed by atoms with van der Waals surface area (Å²) in [6.07, 6.45) is 8.34. The van der Waals surface area contributed by atoms with Crippen molar-refractivity contribution < 1.29 is 17.9 Å². The zero-order valence-electron chi connectivity index (χ0n) is 20.1. The Morgan fingerprint density at radius 1 is 1.11 bits per heavy atom. The summed E-state index contributed by atoms with van der Waals surface area (Å²) in [5.41, 5.74) is 6.22. The first kappa shape index (κ1) is 22.5. The van der Waals surface area contributed by atoms with Crippen molar-refractivity contribution in [1.82, 2.24) is 24.1 Å². The Balaban J connectivity index is 1.18. The molecule has 1 aliphatic heterocycles. The molecule has 0 spiro atoms. The van der Waals surface area contributed by atoms with Crippen LogP contribution < -0.4 is 10.0 Å². The minimum absolute atomic E-state index is 0.138. The molecule has 1 atom stereocenters. The number of benzene rings is 1. The minimum Gasteiger partial charge on any atom is -0.370 e. The van der Waals surface area contributed by atoms with Gasteiger partial charge < -0.3 is 10.1 Å². The second-order valence-electron chi connectivity index (χ2n) is 9.92. The fraction of sp³-hybridized carbons (Fsp3) is 0.346. The highest BCUT2D eigenvalue weighted by Crippen LogP contribution is 2.45. The molecule has 2 aliphatic carbocycles. The van der Waals surface area contributed by atoms with Crippen LogP contribution in [0.2, 0.25) is 0 Å². The van der Waals surface area contributed by atoms with E-state index in [1.54, 1.807) is 15.4 Å². The van der Waals surface area contributed by atoms with Gasteiger partial charge in [0.25, 0.3) is 10.0 Å². The lowest BCUT2D eigenvalue weighted by molar-refractivity contribution is 0.00273. The number of amides is 2. The largest absolute Gasteiger partial charge is 0.370 e. The zero-order valence-corrected chi connectivity index (χ0v) is 20.9. The Bertz CT molecular complexity index is 1650. The molecule has 11 heteroatoms. The lowest BCUT2D eigenvalue weighted by Gasteiger charge is -2.23. The highest BCUT2D eigenvalue weighted by Gasteiger charge is 2.38. The van der Waals surface area contributed by atoms with Crippen LogP contribution in [-0.4, -0.2) is 40.5 Å². The van der Waals surface area contributed by atoms with Gasteiger partial charge in [-0.3, -0.25) is 4.68 Å². The standard InChI is InChI=1S/C26H26N6O4S/c33-26(30-37(34,35)23-14-22-25(17-4-5-17)36-13-12-31(22)29-23)28-24-20-3-1-2-16(20)7-9-21(24)18-6-8-19-10-11-27-32(19)15-18/h6-11,14-15,17,25H,1-5,12-13H2,(H2,28,30,33)/t25-/m1/s1. The molecule has 10 nitrogen and oxygen atoms in total. The molecule has 4 heterocycles. The van der Waals surface area contributed by atoms with E-state index in [4.69, 9.17) is 4.74 Å². The number of carbonyl (C=O) groups excluding carboxylic acids is 1. The molecule has 2 amide bonds. The number of anilines is 1. The first-order valence-corrected chi connectivity index (χ1v) is 14.1. The van der Waals surface area contributed by atoms with E-state index in [0.717, 1.165) is 65.6 Å². The molecule has 0 saturated heterocycles. The van der Waals surface area contributed by atoms with E-state index < -0.39 is 16.1 Å². The number of ether oxygens (including phenoxy) is 1. The van der Waals surface area contributed by atoms with Crippen LogP contribution in [0.1, 0.15) is 42.2 Å². The number of nitrogens with one attached hydrogen (secondary N) is 2. The number of fused-ring (bicyclic) bond motifs is 3. The van der Waals surface area contributed by atoms with Gasteiger partial charge in [0, 0.05) is 29.6 Å². The monoisotopic (exact) mass is 518 g/mol. The minimum atomic E-state index is -4.18. The second-order valence-corrected chi connectivity index (χ2v) is 11.5. The van der Waals surface area contributed by atoms with Gasteiger partial charge in [0.05, 0.1) is 30.0 Å². The van der Waals surface area contributed by atoms with Gasteiger partial charge >= 0.3 is 6.03 Å². The summed E-state index contributed by atoms with van der Waals surface area (Å²) in [6.45, 7) is 0.982. The fourth-order valence-corrected chi connectivity index (χ4v) is 6.39. The van der Waals surface area contributed by atoms with E-state index in [0.29, 0.717) is 24.8 Å². The molecule has 4 aromatic rings. The lowest BCUT2D eigenvalue weighted by atomic mass is 9.98. The number of rotatable bonds is 5. The molecule has 1 fully saturated rings. The molecule has 37 heavy (non-hydrogen) atoms. The van der Waals surface area contributed by atoms with Gasteiger partial charge in [-0.2, -0.15) is 18.6 Å². The molecule has 3 aromatic heterocycles. The number of pyridine rings is 1. The van der Waals surface area contributed by atoms with Gasteiger partial charge in [-0.1, -0.05) is 18.2 Å². The molecule has 190 valence electrons. The first-order chi connectivity index (χ1) is 18.0. The van der Waals surface area contributed by atoms with Crippen molar-refractivity contribution in [2.45, 2.75) is 49.8 Å². The van der Waals surface area contributed by atoms with Gasteiger partial charge in [-0.25, -0.2) is 14.0 Å². The molecule has 2 N–H and O–H groups in total. The Morgan fingerprint density at radius 3 is 2.86 bits per heavy atom. The summed E-state index contributed by atoms with van der Waals surface area (Å²) >= 11 is 0. The number of carbonyl (C=O) groups is 1. The molecule has 1 aromatic carbocycles. The summed E-state index contributed by atoms with van der Waals surface area (Å²) in [7, 11) is -4.18. The van der Waals surface area contributed by atoms with Crippen molar-refractivity contribution in [1.29, 1.82) is 0 Å². The molecule has 7 rings (SSSR count). The SMILES string of the molecule is O=C(Nc1c(-c2ccc3ccnn3c2)ccc2c1CCC2)NS(=O)(=O)c1cc2n(n1)CCO[C@@H]2C1CC1. The van der Waals surface area contributed by atoms with Crippen molar-refractivity contribution >= 4 is 27.3 Å². The summed E-state index contributed by atoms with van der Waals surface area (Å²) in [6, 6.07) is 10.6. The van der Waals surface area contributed by atoms with Crippen molar-refractivity contribution in [3.05, 3.63) is 65.6 Å². The third-order valence-electron chi connectivity index (χ3n) is 7.46. The molecular formula is C26H26N6O4S. The van der Waals surface area contributed by atoms with Gasteiger partial charge in [0.1, 0.15) is 6.10 Å². The zero-order chi connectivity index (χ0) is 25.1. The third-order valence-corrected chi connectivity index (χ3v) is 8.67. The van der Waals surface area contributed by atoms with Crippen LogP contribution in [0.15, 0.2) is 53.8 Å². The van der Waals surface area contributed by atoms with Crippen LogP contribution in [-0.2, 0) is 34.1 Å². The summed E-state index contributed by atoms with van der Waals surface area (Å²) in [5, 5.41) is 11.3. The average molecular weight is 519 g/mol. The highest BCUT2D eigenvalue weighted by molar-refractivity contribution is 7.90. The van der Waals surface area contributed by atoms with Gasteiger partial charge in [0.15, 0.2) is 5.03 Å². The Kier molecular flexibility index (Phi) is 5.12. The van der Waals surface area contributed by atoms with Crippen LogP contribution in [0, 0.1) is 5.92 Å². The van der Waals surface area contributed by atoms with E-state index in [-0.39, 0.29) is 11.1 Å². The Labute approximate surface area is 213 Å². The van der Waals surface area contributed by atoms with Crippen molar-refractivity contribution in [2.75, 3.05) is 11.9 Å². The summed E-state index contributed by atoms with van der Waals surface area (Å²) in [4.78, 5) is 13.1. The van der Waals surface area contributed by atoms with Crippen LogP contribution in [0.3, 0.4) is 0 Å². The number of nitrogens with zero attached hydrogens (tertiary/aromatic N) is 4. The van der Waals surface area contributed by atoms with Gasteiger partial charge in [-0.15, -0.1) is 0 Å². The predicted octanol–water partition coefficient (Wildman–Crippen LogP) is 3.68. The lowest BCUT2D eigenvalue weighted by Crippen LogP contribution is -2.35. The van der Waals surface area contributed by atoms with Gasteiger partial charge in [-0.05, 0) is 61.3 Å². The highest BCUT2D eigenvalue weighted by atomic mass is 32.2. The molecular weight excluding hydrogens is 492 g/mol. The van der Waals surface area contributed by atoms with Crippen molar-refractivity contribution in [2.24, 2.45) is 5.92 Å². The van der Waals surface area contributed by atoms with Gasteiger partial charge in [0.2, 0.25) is 0 Å². The Morgan fingerprint density at radius 2 is 2.00 bits per heavy atom. The van der Waals surface area contributed by atoms with Crippen molar-refractivity contribution in [3.8, 4) is 11.1 Å². The smallest absolute Gasteiger partial charge is 0.333 e. The third kappa shape index (κ3) is 3.98. The average Bonchev–Trinajstić information content (AvgIpc) is 3.26. The van der Waals surface area contributed by atoms with E-state index in [9.17, 15) is 13.2 Å². The predicted molar refractivity (Wildman–Crippen MR) is 136 cm³/mol. The maximum Gasteiger partial charge on any atom is 0.333 e. The number of hydrogen-bond donors (Lipinski definition) is 2. The molecule has 0 bridgehead atoms. The number of sulfonamides is 1. The molecule has 3 aliphatic rings. The summed E-state index contributed by atoms with van der Waals surface area (Å²) < 4.78 is 37.8. The topological polar surface area (TPSA) is 120 Å². The van der Waals surface area contributed by atoms with Crippen LogP contribution in [0.4, 0.5) is 10.5 Å². The van der Waals surface area contributed by atoms with Crippen LogP contribution >= 0.6 is 0 Å². The second kappa shape index (κ2) is 8.42. The number of urea groups is 1. The van der Waals surface area contributed by atoms with Crippen molar-refractivity contribution in [3.63, 3.8) is 0 Å². The summed E-state index contributed by atoms with van der Waals surface area (Å²) in [5.74, 6) is 0.405. The van der Waals surface area contributed by atoms with E-state index >= 15 is 0 Å². The maximum atomic E-state index is 13.1. The van der Waals surface area contributed by atoms with Crippen LogP contribution in [0.25, 0.3) is 16.6 Å². The first-order valence-electron chi connectivity index (χ1n) is 12.6. The van der Waals surface area contributed by atoms with E-state index in [1.165, 1.54) is 6.07 Å². The number of aromatic nitrogens is 4. The van der Waals surface area contributed by atoms with Crippen LogP contribution in [0.5, 0.6) is 0 Å². The number of hydrogen-bond acceptors (Lipinski definition) is 6. The maximum absolute atomic E-state index is 13.1. The Hall–Kier alpha value is -3.70. The molecule has 0 unspecified atom stereocenters.